The number of para-hydroxylation sites is 2. The summed E-state index contributed by atoms with van der Waals surface area (Å²) in [6, 6.07) is 14.3. The van der Waals surface area contributed by atoms with Crippen LogP contribution in [0.15, 0.2) is 48.5 Å². The van der Waals surface area contributed by atoms with Crippen molar-refractivity contribution in [2.45, 2.75) is 6.42 Å². The van der Waals surface area contributed by atoms with Gasteiger partial charge in [0, 0.05) is 31.3 Å². The smallest absolute Gasteiger partial charge is 0.258 e. The number of nitrogens with two attached hydrogens (primary N) is 1. The summed E-state index contributed by atoms with van der Waals surface area (Å²) in [5.74, 6) is -0.154. The molecule has 3 rings (SSSR count). The number of rotatable bonds is 1. The monoisotopic (exact) mass is 295 g/mol. The van der Waals surface area contributed by atoms with E-state index in [0.29, 0.717) is 24.2 Å². The number of benzene rings is 2. The predicted molar refractivity (Wildman–Crippen MR) is 87.0 cm³/mol. The molecule has 0 radical (unpaired) electrons. The molecule has 0 saturated heterocycles. The van der Waals surface area contributed by atoms with E-state index in [4.69, 9.17) is 5.73 Å². The van der Waals surface area contributed by atoms with E-state index in [-0.39, 0.29) is 11.8 Å². The van der Waals surface area contributed by atoms with Crippen LogP contribution in [0.4, 0.5) is 17.1 Å². The van der Waals surface area contributed by atoms with E-state index in [0.717, 1.165) is 11.4 Å². The molecule has 2 amide bonds. The Morgan fingerprint density at radius 3 is 2.55 bits per heavy atom. The normalized spacial score (nSPS) is 14.5. The molecule has 1 heterocycles. The van der Waals surface area contributed by atoms with Gasteiger partial charge in [0.05, 0.1) is 11.4 Å². The van der Waals surface area contributed by atoms with Crippen molar-refractivity contribution in [3.05, 3.63) is 54.1 Å². The number of hydrogen-bond acceptors (Lipinski definition) is 3. The van der Waals surface area contributed by atoms with Gasteiger partial charge < -0.3 is 15.5 Å². The number of carbonyl (C=O) groups is 2. The molecule has 5 nitrogen and oxygen atoms in total. The van der Waals surface area contributed by atoms with Gasteiger partial charge in [0.2, 0.25) is 5.91 Å². The maximum absolute atomic E-state index is 12.8. The van der Waals surface area contributed by atoms with Crippen LogP contribution in [0, 0.1) is 0 Å². The van der Waals surface area contributed by atoms with Gasteiger partial charge in [0.15, 0.2) is 0 Å². The van der Waals surface area contributed by atoms with Crippen molar-refractivity contribution in [1.29, 1.82) is 0 Å². The number of nitrogens with zero attached hydrogens (tertiary/aromatic N) is 2. The van der Waals surface area contributed by atoms with Gasteiger partial charge in [-0.05, 0) is 30.3 Å². The van der Waals surface area contributed by atoms with Crippen LogP contribution in [0.1, 0.15) is 16.8 Å². The Balaban J connectivity index is 2.05. The van der Waals surface area contributed by atoms with E-state index in [1.54, 1.807) is 41.1 Å². The average Bonchev–Trinajstić information content (AvgIpc) is 2.65. The molecule has 1 aliphatic rings. The van der Waals surface area contributed by atoms with Gasteiger partial charge in [-0.25, -0.2) is 0 Å². The summed E-state index contributed by atoms with van der Waals surface area (Å²) in [6.07, 6.45) is 0.291. The molecule has 22 heavy (non-hydrogen) atoms. The standard InChI is InChI=1S/C17H17N3O2/c1-19-14-7-2-3-8-15(14)20(10-9-16(19)21)17(22)12-5-4-6-13(18)11-12/h2-8,11H,9-10,18H2,1H3. The van der Waals surface area contributed by atoms with Gasteiger partial charge in [0.1, 0.15) is 0 Å². The fourth-order valence-corrected chi connectivity index (χ4v) is 2.64. The fraction of sp³-hybridized carbons (Fsp3) is 0.176. The Morgan fingerprint density at radius 1 is 1.09 bits per heavy atom. The van der Waals surface area contributed by atoms with Gasteiger partial charge in [-0.15, -0.1) is 0 Å². The first-order valence-corrected chi connectivity index (χ1v) is 7.11. The molecule has 2 aromatic rings. The second-order valence-corrected chi connectivity index (χ2v) is 5.27. The molecule has 112 valence electrons. The molecule has 5 heteroatoms. The van der Waals surface area contributed by atoms with E-state index in [1.165, 1.54) is 0 Å². The first-order chi connectivity index (χ1) is 10.6. The molecule has 2 N–H and O–H groups in total. The maximum Gasteiger partial charge on any atom is 0.258 e. The highest BCUT2D eigenvalue weighted by Crippen LogP contribution is 2.32. The lowest BCUT2D eigenvalue weighted by atomic mass is 10.1. The summed E-state index contributed by atoms with van der Waals surface area (Å²) in [5.41, 5.74) is 8.30. The largest absolute Gasteiger partial charge is 0.399 e. The van der Waals surface area contributed by atoms with Crippen molar-refractivity contribution in [3.63, 3.8) is 0 Å². The zero-order valence-corrected chi connectivity index (χ0v) is 12.3. The first-order valence-electron chi connectivity index (χ1n) is 7.11. The quantitative estimate of drug-likeness (QED) is 0.821. The molecular formula is C17H17N3O2. The second-order valence-electron chi connectivity index (χ2n) is 5.27. The number of hydrogen-bond donors (Lipinski definition) is 1. The van der Waals surface area contributed by atoms with Crippen LogP contribution in [0.2, 0.25) is 0 Å². The minimum absolute atomic E-state index is 0.00433. The van der Waals surface area contributed by atoms with Crippen LogP contribution in [0.25, 0.3) is 0 Å². The van der Waals surface area contributed by atoms with Gasteiger partial charge in [-0.3, -0.25) is 9.59 Å². The summed E-state index contributed by atoms with van der Waals surface area (Å²) >= 11 is 0. The number of anilines is 3. The predicted octanol–water partition coefficient (Wildman–Crippen LogP) is 2.28. The third-order valence-corrected chi connectivity index (χ3v) is 3.84. The number of carbonyl (C=O) groups excluding carboxylic acids is 2. The zero-order chi connectivity index (χ0) is 15.7. The van der Waals surface area contributed by atoms with Crippen molar-refractivity contribution in [2.24, 2.45) is 0 Å². The second kappa shape index (κ2) is 5.52. The van der Waals surface area contributed by atoms with Crippen LogP contribution in [0.3, 0.4) is 0 Å². The van der Waals surface area contributed by atoms with Crippen molar-refractivity contribution in [2.75, 3.05) is 29.1 Å². The van der Waals surface area contributed by atoms with Crippen molar-refractivity contribution in [1.82, 2.24) is 0 Å². The first kappa shape index (κ1) is 14.1. The highest BCUT2D eigenvalue weighted by Gasteiger charge is 2.27. The molecule has 0 unspecified atom stereocenters. The van der Waals surface area contributed by atoms with E-state index in [2.05, 4.69) is 0 Å². The van der Waals surface area contributed by atoms with Crippen LogP contribution in [-0.4, -0.2) is 25.4 Å². The molecule has 0 atom stereocenters. The summed E-state index contributed by atoms with van der Waals surface area (Å²) in [6.45, 7) is 0.355. The zero-order valence-electron chi connectivity index (χ0n) is 12.3. The van der Waals surface area contributed by atoms with E-state index >= 15 is 0 Å². The van der Waals surface area contributed by atoms with Crippen LogP contribution in [-0.2, 0) is 4.79 Å². The lowest BCUT2D eigenvalue weighted by molar-refractivity contribution is -0.118. The Labute approximate surface area is 128 Å². The molecule has 0 spiro atoms. The SMILES string of the molecule is CN1C(=O)CCN(C(=O)c2cccc(N)c2)c2ccccc21. The Bertz CT molecular complexity index is 742. The topological polar surface area (TPSA) is 66.6 Å². The van der Waals surface area contributed by atoms with Gasteiger partial charge >= 0.3 is 0 Å². The van der Waals surface area contributed by atoms with Gasteiger partial charge in [0.25, 0.3) is 5.91 Å². The summed E-state index contributed by atoms with van der Waals surface area (Å²) < 4.78 is 0. The third kappa shape index (κ3) is 2.41. The van der Waals surface area contributed by atoms with E-state index < -0.39 is 0 Å². The molecule has 0 fully saturated rings. The Morgan fingerprint density at radius 2 is 1.82 bits per heavy atom. The van der Waals surface area contributed by atoms with Gasteiger partial charge in [-0.1, -0.05) is 18.2 Å². The van der Waals surface area contributed by atoms with Crippen molar-refractivity contribution in [3.8, 4) is 0 Å². The minimum atomic E-state index is -0.150. The highest BCUT2D eigenvalue weighted by molar-refractivity contribution is 6.11. The van der Waals surface area contributed by atoms with Crippen molar-refractivity contribution < 1.29 is 9.59 Å². The molecule has 1 aliphatic heterocycles. The van der Waals surface area contributed by atoms with Crippen LogP contribution < -0.4 is 15.5 Å². The number of fused-ring (bicyclic) bond motifs is 1. The van der Waals surface area contributed by atoms with Crippen LogP contribution in [0.5, 0.6) is 0 Å². The summed E-state index contributed by atoms with van der Waals surface area (Å²) in [7, 11) is 1.73. The summed E-state index contributed by atoms with van der Waals surface area (Å²) in [4.78, 5) is 28.2. The van der Waals surface area contributed by atoms with Gasteiger partial charge in [-0.2, -0.15) is 0 Å². The van der Waals surface area contributed by atoms with E-state index in [1.807, 2.05) is 24.3 Å². The maximum atomic E-state index is 12.8. The lowest BCUT2D eigenvalue weighted by Gasteiger charge is -2.23. The summed E-state index contributed by atoms with van der Waals surface area (Å²) in [5, 5.41) is 0. The molecular weight excluding hydrogens is 278 g/mol. The van der Waals surface area contributed by atoms with E-state index in [9.17, 15) is 9.59 Å². The molecule has 2 aromatic carbocycles. The third-order valence-electron chi connectivity index (χ3n) is 3.84. The minimum Gasteiger partial charge on any atom is -0.399 e. The molecule has 0 aliphatic carbocycles. The van der Waals surface area contributed by atoms with Crippen LogP contribution >= 0.6 is 0 Å². The molecule has 0 saturated carbocycles. The number of amides is 2. The lowest BCUT2D eigenvalue weighted by Crippen LogP contribution is -2.32. The molecule has 0 aromatic heterocycles. The molecule has 0 bridgehead atoms. The Hall–Kier alpha value is -2.82. The Kier molecular flexibility index (Phi) is 3.55. The number of nitrogen functional groups attached to an aromatic ring is 1. The highest BCUT2D eigenvalue weighted by atomic mass is 16.2. The van der Waals surface area contributed by atoms with Crippen molar-refractivity contribution >= 4 is 28.9 Å². The average molecular weight is 295 g/mol. The fourth-order valence-electron chi connectivity index (χ4n) is 2.64.